The van der Waals surface area contributed by atoms with Gasteiger partial charge in [-0.2, -0.15) is 0 Å². The fourth-order valence-corrected chi connectivity index (χ4v) is 0.865. The molecule has 0 amide bonds. The third kappa shape index (κ3) is 7.11. The summed E-state index contributed by atoms with van der Waals surface area (Å²) in [6, 6.07) is 0. The monoisotopic (exact) mass is 150 g/mol. The van der Waals surface area contributed by atoms with Gasteiger partial charge in [-0.15, -0.1) is 0 Å². The standard InChI is InChI=1S/C11H18/c1-5-7-11(4)9-6-8-10(2)3/h5,7-8H,4,6,9H2,1-3H3/b7-5+. The van der Waals surface area contributed by atoms with Crippen molar-refractivity contribution in [1.82, 2.24) is 0 Å². The predicted octanol–water partition coefficient (Wildman–Crippen LogP) is 3.87. The van der Waals surface area contributed by atoms with E-state index >= 15 is 0 Å². The zero-order valence-corrected chi connectivity index (χ0v) is 7.85. The lowest BCUT2D eigenvalue weighted by molar-refractivity contribution is 0.998. The molecule has 0 heterocycles. The van der Waals surface area contributed by atoms with Crippen LogP contribution in [0.3, 0.4) is 0 Å². The van der Waals surface area contributed by atoms with Gasteiger partial charge in [0.15, 0.2) is 0 Å². The zero-order valence-electron chi connectivity index (χ0n) is 7.85. The number of allylic oxidation sites excluding steroid dienone is 5. The molecule has 0 saturated heterocycles. The molecule has 0 unspecified atom stereocenters. The van der Waals surface area contributed by atoms with Crippen molar-refractivity contribution in [3.8, 4) is 0 Å². The quantitative estimate of drug-likeness (QED) is 0.421. The van der Waals surface area contributed by atoms with Gasteiger partial charge in [-0.05, 0) is 33.6 Å². The van der Waals surface area contributed by atoms with Crippen LogP contribution in [0.2, 0.25) is 0 Å². The van der Waals surface area contributed by atoms with Crippen LogP contribution in [0.5, 0.6) is 0 Å². The lowest BCUT2D eigenvalue weighted by atomic mass is 10.1. The first-order chi connectivity index (χ1) is 5.16. The van der Waals surface area contributed by atoms with Gasteiger partial charge in [-0.1, -0.05) is 36.0 Å². The predicted molar refractivity (Wildman–Crippen MR) is 52.6 cm³/mol. The molecule has 0 atom stereocenters. The Morgan fingerprint density at radius 2 is 2.00 bits per heavy atom. The minimum absolute atomic E-state index is 1.08. The molecule has 0 radical (unpaired) electrons. The van der Waals surface area contributed by atoms with E-state index in [2.05, 4.69) is 32.6 Å². The second-order valence-electron chi connectivity index (χ2n) is 2.98. The first-order valence-corrected chi connectivity index (χ1v) is 4.10. The van der Waals surface area contributed by atoms with Crippen LogP contribution in [-0.2, 0) is 0 Å². The van der Waals surface area contributed by atoms with Gasteiger partial charge in [0.1, 0.15) is 0 Å². The maximum Gasteiger partial charge on any atom is -0.0250 e. The minimum Gasteiger partial charge on any atom is -0.0958 e. The molecule has 0 rings (SSSR count). The van der Waals surface area contributed by atoms with Crippen molar-refractivity contribution < 1.29 is 0 Å². The Hall–Kier alpha value is -0.780. The molecular weight excluding hydrogens is 132 g/mol. The Morgan fingerprint density at radius 3 is 2.45 bits per heavy atom. The van der Waals surface area contributed by atoms with Crippen molar-refractivity contribution in [3.63, 3.8) is 0 Å². The summed E-state index contributed by atoms with van der Waals surface area (Å²) in [5.41, 5.74) is 2.60. The summed E-state index contributed by atoms with van der Waals surface area (Å²) in [5.74, 6) is 0. The van der Waals surface area contributed by atoms with Gasteiger partial charge in [-0.3, -0.25) is 0 Å². The van der Waals surface area contributed by atoms with Crippen LogP contribution in [-0.4, -0.2) is 0 Å². The molecule has 62 valence electrons. The van der Waals surface area contributed by atoms with Gasteiger partial charge < -0.3 is 0 Å². The van der Waals surface area contributed by atoms with Crippen LogP contribution in [0.15, 0.2) is 36.0 Å². The molecule has 0 aliphatic carbocycles. The van der Waals surface area contributed by atoms with Crippen LogP contribution in [0, 0.1) is 0 Å². The number of hydrogen-bond donors (Lipinski definition) is 0. The highest BCUT2D eigenvalue weighted by atomic mass is 13.9. The van der Waals surface area contributed by atoms with Crippen LogP contribution in [0.1, 0.15) is 33.6 Å². The molecule has 0 aromatic carbocycles. The highest BCUT2D eigenvalue weighted by Gasteiger charge is 1.85. The fraction of sp³-hybridized carbons (Fsp3) is 0.455. The summed E-state index contributed by atoms with van der Waals surface area (Å²) in [6.07, 6.45) is 8.54. The second-order valence-corrected chi connectivity index (χ2v) is 2.98. The molecule has 0 aliphatic rings. The highest BCUT2D eigenvalue weighted by Crippen LogP contribution is 2.05. The van der Waals surface area contributed by atoms with Gasteiger partial charge in [-0.25, -0.2) is 0 Å². The zero-order chi connectivity index (χ0) is 8.69. The third-order valence-corrected chi connectivity index (χ3v) is 1.42. The van der Waals surface area contributed by atoms with E-state index in [-0.39, 0.29) is 0 Å². The lowest BCUT2D eigenvalue weighted by Gasteiger charge is -1.95. The molecule has 0 nitrogen and oxygen atoms in total. The van der Waals surface area contributed by atoms with Crippen molar-refractivity contribution in [3.05, 3.63) is 36.0 Å². The van der Waals surface area contributed by atoms with Crippen LogP contribution in [0.4, 0.5) is 0 Å². The number of hydrogen-bond acceptors (Lipinski definition) is 0. The van der Waals surface area contributed by atoms with Crippen LogP contribution < -0.4 is 0 Å². The van der Waals surface area contributed by atoms with Crippen LogP contribution >= 0.6 is 0 Å². The summed E-state index contributed by atoms with van der Waals surface area (Å²) in [7, 11) is 0. The molecule has 0 heteroatoms. The fourth-order valence-electron chi connectivity index (χ4n) is 0.865. The Balaban J connectivity index is 3.55. The van der Waals surface area contributed by atoms with Gasteiger partial charge in [0.2, 0.25) is 0 Å². The Kier molecular flexibility index (Phi) is 5.54. The van der Waals surface area contributed by atoms with Crippen molar-refractivity contribution in [2.24, 2.45) is 0 Å². The van der Waals surface area contributed by atoms with E-state index in [4.69, 9.17) is 0 Å². The molecule has 0 spiro atoms. The van der Waals surface area contributed by atoms with Gasteiger partial charge in [0.25, 0.3) is 0 Å². The smallest absolute Gasteiger partial charge is 0.0250 e. The molecule has 0 aliphatic heterocycles. The van der Waals surface area contributed by atoms with Crippen molar-refractivity contribution >= 4 is 0 Å². The van der Waals surface area contributed by atoms with Crippen LogP contribution in [0.25, 0.3) is 0 Å². The van der Waals surface area contributed by atoms with E-state index in [0.717, 1.165) is 12.8 Å². The highest BCUT2D eigenvalue weighted by molar-refractivity contribution is 5.14. The Bertz CT molecular complexity index is 166. The maximum absolute atomic E-state index is 3.93. The summed E-state index contributed by atoms with van der Waals surface area (Å²) in [4.78, 5) is 0. The average molecular weight is 150 g/mol. The Morgan fingerprint density at radius 1 is 1.36 bits per heavy atom. The maximum atomic E-state index is 3.93. The lowest BCUT2D eigenvalue weighted by Crippen LogP contribution is -1.75. The summed E-state index contributed by atoms with van der Waals surface area (Å²) >= 11 is 0. The molecule has 0 aromatic rings. The number of rotatable bonds is 4. The largest absolute Gasteiger partial charge is 0.0958 e. The summed E-state index contributed by atoms with van der Waals surface area (Å²) < 4.78 is 0. The molecule has 0 fully saturated rings. The topological polar surface area (TPSA) is 0 Å². The minimum atomic E-state index is 1.08. The normalized spacial score (nSPS) is 10.1. The molecule has 0 aromatic heterocycles. The average Bonchev–Trinajstić information content (AvgIpc) is 1.87. The third-order valence-electron chi connectivity index (χ3n) is 1.42. The van der Waals surface area contributed by atoms with Gasteiger partial charge >= 0.3 is 0 Å². The first-order valence-electron chi connectivity index (χ1n) is 4.10. The van der Waals surface area contributed by atoms with Gasteiger partial charge in [0.05, 0.1) is 0 Å². The van der Waals surface area contributed by atoms with E-state index in [0.29, 0.717) is 0 Å². The van der Waals surface area contributed by atoms with E-state index in [1.807, 2.05) is 13.0 Å². The SMILES string of the molecule is C=C(/C=C/C)CCC=C(C)C. The van der Waals surface area contributed by atoms with E-state index in [9.17, 15) is 0 Å². The Labute approximate surface area is 70.3 Å². The van der Waals surface area contributed by atoms with Crippen molar-refractivity contribution in [2.45, 2.75) is 33.6 Å². The molecular formula is C11H18. The summed E-state index contributed by atoms with van der Waals surface area (Å²) in [6.45, 7) is 10.2. The first kappa shape index (κ1) is 10.2. The van der Waals surface area contributed by atoms with Crippen molar-refractivity contribution in [1.29, 1.82) is 0 Å². The van der Waals surface area contributed by atoms with Gasteiger partial charge in [0, 0.05) is 0 Å². The molecule has 0 N–H and O–H groups in total. The van der Waals surface area contributed by atoms with E-state index in [1.165, 1.54) is 11.1 Å². The van der Waals surface area contributed by atoms with Crippen molar-refractivity contribution in [2.75, 3.05) is 0 Å². The molecule has 11 heavy (non-hydrogen) atoms. The summed E-state index contributed by atoms with van der Waals surface area (Å²) in [5, 5.41) is 0. The van der Waals surface area contributed by atoms with E-state index < -0.39 is 0 Å². The molecule has 0 saturated carbocycles. The molecule has 0 bridgehead atoms. The van der Waals surface area contributed by atoms with E-state index in [1.54, 1.807) is 0 Å². The second kappa shape index (κ2) is 5.96.